The predicted molar refractivity (Wildman–Crippen MR) is 79.4 cm³/mol. The van der Waals surface area contributed by atoms with Gasteiger partial charge >= 0.3 is 0 Å². The number of rotatable bonds is 5. The van der Waals surface area contributed by atoms with E-state index in [9.17, 15) is 0 Å². The molecule has 0 aromatic carbocycles. The first-order chi connectivity index (χ1) is 9.58. The molecular formula is C13H24ClN5O. The number of halogens is 1. The SMILES string of the molecule is CCn1ncc(Cl)c1C(NN)C1CN(C(C)C)CCO1. The average molecular weight is 302 g/mol. The van der Waals surface area contributed by atoms with E-state index in [2.05, 4.69) is 29.3 Å². The highest BCUT2D eigenvalue weighted by Gasteiger charge is 2.32. The van der Waals surface area contributed by atoms with Gasteiger partial charge in [0.15, 0.2) is 0 Å². The van der Waals surface area contributed by atoms with Crippen molar-refractivity contribution in [3.8, 4) is 0 Å². The molecule has 1 aliphatic rings. The van der Waals surface area contributed by atoms with Crippen molar-refractivity contribution in [1.29, 1.82) is 0 Å². The number of morpholine rings is 1. The summed E-state index contributed by atoms with van der Waals surface area (Å²) in [6.45, 7) is 9.65. The van der Waals surface area contributed by atoms with Gasteiger partial charge in [-0.05, 0) is 20.8 Å². The van der Waals surface area contributed by atoms with Crippen molar-refractivity contribution in [3.05, 3.63) is 16.9 Å². The zero-order chi connectivity index (χ0) is 14.7. The van der Waals surface area contributed by atoms with Crippen LogP contribution in [0, 0.1) is 0 Å². The van der Waals surface area contributed by atoms with Gasteiger partial charge in [-0.3, -0.25) is 15.4 Å². The molecule has 7 heteroatoms. The second-order valence-electron chi connectivity index (χ2n) is 5.34. The fourth-order valence-electron chi connectivity index (χ4n) is 2.66. The van der Waals surface area contributed by atoms with Gasteiger partial charge in [0.05, 0.1) is 35.7 Å². The summed E-state index contributed by atoms with van der Waals surface area (Å²) < 4.78 is 7.77. The molecule has 114 valence electrons. The van der Waals surface area contributed by atoms with Gasteiger partial charge < -0.3 is 4.74 Å². The van der Waals surface area contributed by atoms with E-state index in [-0.39, 0.29) is 12.1 Å². The Morgan fingerprint density at radius 2 is 2.35 bits per heavy atom. The maximum absolute atomic E-state index is 6.27. The molecule has 2 rings (SSSR count). The van der Waals surface area contributed by atoms with Crippen LogP contribution in [0.5, 0.6) is 0 Å². The van der Waals surface area contributed by atoms with Crippen molar-refractivity contribution in [3.63, 3.8) is 0 Å². The van der Waals surface area contributed by atoms with Crippen molar-refractivity contribution in [2.75, 3.05) is 19.7 Å². The number of nitrogens with zero attached hydrogens (tertiary/aromatic N) is 3. The molecule has 0 saturated carbocycles. The number of hydrogen-bond acceptors (Lipinski definition) is 5. The van der Waals surface area contributed by atoms with Gasteiger partial charge in [0, 0.05) is 25.7 Å². The Labute approximate surface area is 125 Å². The van der Waals surface area contributed by atoms with E-state index in [0.717, 1.165) is 25.3 Å². The largest absolute Gasteiger partial charge is 0.373 e. The van der Waals surface area contributed by atoms with Crippen LogP contribution in [0.25, 0.3) is 0 Å². The van der Waals surface area contributed by atoms with E-state index >= 15 is 0 Å². The smallest absolute Gasteiger partial charge is 0.0925 e. The molecule has 2 atom stereocenters. The summed E-state index contributed by atoms with van der Waals surface area (Å²) in [5.41, 5.74) is 3.75. The quantitative estimate of drug-likeness (QED) is 0.631. The minimum absolute atomic E-state index is 0.0318. The summed E-state index contributed by atoms with van der Waals surface area (Å²) in [6.07, 6.45) is 1.63. The van der Waals surface area contributed by atoms with Crippen LogP contribution >= 0.6 is 11.6 Å². The molecule has 2 heterocycles. The first-order valence-electron chi connectivity index (χ1n) is 7.11. The van der Waals surface area contributed by atoms with Crippen molar-refractivity contribution in [2.45, 2.75) is 45.5 Å². The van der Waals surface area contributed by atoms with E-state index in [0.29, 0.717) is 17.7 Å². The molecule has 0 bridgehead atoms. The standard InChI is InChI=1S/C13H24ClN5O/c1-4-19-13(10(14)7-16-19)12(17-15)11-8-18(9(2)3)5-6-20-11/h7,9,11-12,17H,4-6,8,15H2,1-3H3. The van der Waals surface area contributed by atoms with Gasteiger partial charge in [0.2, 0.25) is 0 Å². The molecule has 0 radical (unpaired) electrons. The Morgan fingerprint density at radius 1 is 1.60 bits per heavy atom. The molecule has 0 spiro atoms. The fraction of sp³-hybridized carbons (Fsp3) is 0.769. The Morgan fingerprint density at radius 3 is 2.95 bits per heavy atom. The fourth-order valence-corrected chi connectivity index (χ4v) is 2.92. The maximum Gasteiger partial charge on any atom is 0.0925 e. The number of aryl methyl sites for hydroxylation is 1. The third-order valence-electron chi connectivity index (χ3n) is 3.83. The number of hydrazine groups is 1. The van der Waals surface area contributed by atoms with Crippen LogP contribution in [-0.2, 0) is 11.3 Å². The summed E-state index contributed by atoms with van der Waals surface area (Å²) in [6, 6.07) is 0.331. The third-order valence-corrected chi connectivity index (χ3v) is 4.13. The number of aromatic nitrogens is 2. The minimum atomic E-state index is -0.161. The van der Waals surface area contributed by atoms with Crippen LogP contribution in [-0.4, -0.2) is 46.5 Å². The van der Waals surface area contributed by atoms with Crippen LogP contribution in [0.2, 0.25) is 5.02 Å². The summed E-state index contributed by atoms with van der Waals surface area (Å²) in [4.78, 5) is 2.39. The maximum atomic E-state index is 6.27. The normalized spacial score (nSPS) is 22.4. The van der Waals surface area contributed by atoms with E-state index in [1.807, 2.05) is 11.6 Å². The first-order valence-corrected chi connectivity index (χ1v) is 7.49. The number of hydrogen-bond donors (Lipinski definition) is 2. The van der Waals surface area contributed by atoms with Crippen molar-refractivity contribution in [1.82, 2.24) is 20.1 Å². The summed E-state index contributed by atoms with van der Waals surface area (Å²) >= 11 is 6.27. The highest BCUT2D eigenvalue weighted by molar-refractivity contribution is 6.31. The molecule has 2 unspecified atom stereocenters. The lowest BCUT2D eigenvalue weighted by Crippen LogP contribution is -2.51. The Bertz CT molecular complexity index is 436. The number of nitrogens with one attached hydrogen (secondary N) is 1. The number of ether oxygens (including phenoxy) is 1. The summed E-state index contributed by atoms with van der Waals surface area (Å²) in [7, 11) is 0. The Kier molecular flexibility index (Phi) is 5.40. The second-order valence-corrected chi connectivity index (χ2v) is 5.74. The topological polar surface area (TPSA) is 68.3 Å². The minimum Gasteiger partial charge on any atom is -0.373 e. The predicted octanol–water partition coefficient (Wildman–Crippen LogP) is 1.17. The summed E-state index contributed by atoms with van der Waals surface area (Å²) in [5, 5.41) is 4.90. The van der Waals surface area contributed by atoms with Crippen LogP contribution in [0.15, 0.2) is 6.20 Å². The van der Waals surface area contributed by atoms with E-state index in [1.165, 1.54) is 0 Å². The molecule has 0 aliphatic carbocycles. The zero-order valence-corrected chi connectivity index (χ0v) is 13.1. The van der Waals surface area contributed by atoms with Gasteiger partial charge in [-0.1, -0.05) is 11.6 Å². The zero-order valence-electron chi connectivity index (χ0n) is 12.3. The molecule has 1 saturated heterocycles. The van der Waals surface area contributed by atoms with Crippen molar-refractivity contribution in [2.24, 2.45) is 5.84 Å². The van der Waals surface area contributed by atoms with Gasteiger partial charge in [-0.15, -0.1) is 0 Å². The highest BCUT2D eigenvalue weighted by atomic mass is 35.5. The molecule has 20 heavy (non-hydrogen) atoms. The van der Waals surface area contributed by atoms with Gasteiger partial charge in [-0.25, -0.2) is 5.43 Å². The summed E-state index contributed by atoms with van der Waals surface area (Å²) in [5.74, 6) is 5.76. The molecule has 0 amide bonds. The Hall–Kier alpha value is -0.660. The lowest BCUT2D eigenvalue weighted by molar-refractivity contribution is -0.0573. The Balaban J connectivity index is 2.21. The molecular weight excluding hydrogens is 278 g/mol. The van der Waals surface area contributed by atoms with Gasteiger partial charge in [0.1, 0.15) is 0 Å². The lowest BCUT2D eigenvalue weighted by atomic mass is 10.1. The average Bonchev–Trinajstić information content (AvgIpc) is 2.82. The highest BCUT2D eigenvalue weighted by Crippen LogP contribution is 2.28. The van der Waals surface area contributed by atoms with E-state index in [4.69, 9.17) is 22.2 Å². The van der Waals surface area contributed by atoms with Crippen molar-refractivity contribution < 1.29 is 4.74 Å². The van der Waals surface area contributed by atoms with Gasteiger partial charge in [-0.2, -0.15) is 5.10 Å². The van der Waals surface area contributed by atoms with Gasteiger partial charge in [0.25, 0.3) is 0 Å². The van der Waals surface area contributed by atoms with Crippen LogP contribution in [0.1, 0.15) is 32.5 Å². The lowest BCUT2D eigenvalue weighted by Gasteiger charge is -2.38. The monoisotopic (exact) mass is 301 g/mol. The van der Waals surface area contributed by atoms with E-state index in [1.54, 1.807) is 6.20 Å². The first kappa shape index (κ1) is 15.7. The van der Waals surface area contributed by atoms with Crippen LogP contribution in [0.4, 0.5) is 0 Å². The molecule has 1 aromatic rings. The third kappa shape index (κ3) is 3.15. The van der Waals surface area contributed by atoms with Crippen molar-refractivity contribution >= 4 is 11.6 Å². The molecule has 3 N–H and O–H groups in total. The molecule has 1 aromatic heterocycles. The second kappa shape index (κ2) is 6.87. The van der Waals surface area contributed by atoms with Crippen LogP contribution in [0.3, 0.4) is 0 Å². The number of nitrogens with two attached hydrogens (primary N) is 1. The van der Waals surface area contributed by atoms with Crippen LogP contribution < -0.4 is 11.3 Å². The molecule has 6 nitrogen and oxygen atoms in total. The molecule has 1 aliphatic heterocycles. The van der Waals surface area contributed by atoms with E-state index < -0.39 is 0 Å². The molecule has 1 fully saturated rings.